The zero-order valence-corrected chi connectivity index (χ0v) is 68.0. The van der Waals surface area contributed by atoms with Crippen LogP contribution in [0.15, 0.2) is 194 Å². The number of nitrogens with zero attached hydrogens (tertiary/aromatic N) is 11. The lowest BCUT2D eigenvalue weighted by molar-refractivity contribution is 0.0244. The Morgan fingerprint density at radius 2 is 0.786 bits per heavy atom. The van der Waals surface area contributed by atoms with Gasteiger partial charge < -0.3 is 25.4 Å². The maximum atomic E-state index is 13.8. The van der Waals surface area contributed by atoms with E-state index < -0.39 is 35.3 Å². The van der Waals surface area contributed by atoms with Crippen LogP contribution in [0, 0.1) is 17.5 Å². The van der Waals surface area contributed by atoms with Gasteiger partial charge in [0.05, 0.1) is 83.8 Å². The van der Waals surface area contributed by atoms with Crippen LogP contribution in [-0.4, -0.2) is 128 Å². The first-order valence-electron chi connectivity index (χ1n) is 38.2. The third kappa shape index (κ3) is 20.8. The quantitative estimate of drug-likeness (QED) is 0.0792. The maximum absolute atomic E-state index is 13.8. The van der Waals surface area contributed by atoms with Gasteiger partial charge in [-0.05, 0) is 253 Å². The molecule has 0 bridgehead atoms. The second kappa shape index (κ2) is 36.4. The molecule has 2 atom stereocenters. The molecule has 1 fully saturated rings. The number of carbonyl (C=O) groups excluding carboxylic acids is 5. The molecule has 6 aromatic carbocycles. The van der Waals surface area contributed by atoms with Gasteiger partial charge in [0.15, 0.2) is 17.1 Å². The summed E-state index contributed by atoms with van der Waals surface area (Å²) in [5, 5.41) is 27.4. The Morgan fingerprint density at radius 3 is 1.15 bits per heavy atom. The van der Waals surface area contributed by atoms with Crippen molar-refractivity contribution in [3.63, 3.8) is 0 Å². The Kier molecular flexibility index (Phi) is 25.8. The zero-order valence-electron chi connectivity index (χ0n) is 65.7. The van der Waals surface area contributed by atoms with Crippen molar-refractivity contribution >= 4 is 99.7 Å². The van der Waals surface area contributed by atoms with Crippen molar-refractivity contribution in [2.75, 3.05) is 32.7 Å². The molecule has 0 spiro atoms. The van der Waals surface area contributed by atoms with Gasteiger partial charge in [-0.15, -0.1) is 0 Å². The van der Waals surface area contributed by atoms with Crippen molar-refractivity contribution in [1.82, 2.24) is 75.5 Å². The third-order valence-corrected chi connectivity index (χ3v) is 20.0. The van der Waals surface area contributed by atoms with Gasteiger partial charge in [0.2, 0.25) is 0 Å². The average Bonchev–Trinajstić information content (AvgIpc) is 1.62. The number of nitrogens with one attached hydrogen (secondary N) is 4. The first kappa shape index (κ1) is 83.0. The number of halogens is 6. The molecule has 28 heteroatoms. The van der Waals surface area contributed by atoms with Crippen LogP contribution in [0.4, 0.5) is 22.8 Å². The van der Waals surface area contributed by atoms with E-state index in [-0.39, 0.29) is 72.9 Å². The summed E-state index contributed by atoms with van der Waals surface area (Å²) in [6, 6.07) is 50.5. The van der Waals surface area contributed by atoms with Gasteiger partial charge in [0.1, 0.15) is 28.7 Å². The summed E-state index contributed by atoms with van der Waals surface area (Å²) in [6.07, 6.45) is 11.2. The number of rotatable bonds is 14. The number of aromatic nitrogens is 8. The first-order valence-corrected chi connectivity index (χ1v) is 39.4. The summed E-state index contributed by atoms with van der Waals surface area (Å²) in [7, 11) is 0. The molecule has 1 saturated heterocycles. The van der Waals surface area contributed by atoms with Crippen molar-refractivity contribution in [1.29, 1.82) is 0 Å². The molecule has 5 aromatic heterocycles. The lowest BCUT2D eigenvalue weighted by Gasteiger charge is -2.32. The predicted molar refractivity (Wildman–Crippen MR) is 447 cm³/mol. The normalized spacial score (nSPS) is 15.6. The summed E-state index contributed by atoms with van der Waals surface area (Å²) in [5.41, 5.74) is 14.9. The molecule has 15 rings (SSSR count). The number of hydrogen-bond acceptors (Lipinski definition) is 14. The van der Waals surface area contributed by atoms with E-state index in [1.807, 2.05) is 131 Å². The fourth-order valence-corrected chi connectivity index (χ4v) is 14.2. The molecular weight excluding hydrogens is 1550 g/mol. The molecule has 0 saturated carbocycles. The van der Waals surface area contributed by atoms with Crippen LogP contribution in [0.1, 0.15) is 180 Å². The minimum atomic E-state index is -0.718. The highest BCUT2D eigenvalue weighted by Gasteiger charge is 2.39. The Morgan fingerprint density at radius 1 is 0.436 bits per heavy atom. The van der Waals surface area contributed by atoms with Crippen LogP contribution < -0.4 is 21.4 Å². The highest BCUT2D eigenvalue weighted by Crippen LogP contribution is 2.39. The van der Waals surface area contributed by atoms with Crippen LogP contribution in [0.25, 0.3) is 52.0 Å². The number of benzene rings is 6. The zero-order chi connectivity index (χ0) is 82.8. The Hall–Kier alpha value is -12.0. The SMILES string of the molecule is CC(C)(C)OC(=O)N1C/C(=C\c2ccc(F)cc2)c2c(c(C(=O)NN3CCCCC3)nn2-c2ccc(Cl)cc2)C1.CC(NC(=O)c1nn(-c2ccc(Cl)cc2)c2c1CN(C(=O)OC(C)(C)C)C/C2=C\c1ccc(F)cc1)c1ccccn1.CC(NC(=O)c1nn(-c2ccc(Cl)cc2)c2c1CNC/C2=C\c1ccc(F)cc1)c1ccccn1. The number of hydrogen-bond donors (Lipinski definition) is 4. The summed E-state index contributed by atoms with van der Waals surface area (Å²) >= 11 is 18.4. The van der Waals surface area contributed by atoms with E-state index in [1.54, 1.807) is 125 Å². The molecule has 9 heterocycles. The van der Waals surface area contributed by atoms with E-state index >= 15 is 0 Å². The van der Waals surface area contributed by atoms with Gasteiger partial charge >= 0.3 is 12.2 Å². The molecule has 117 heavy (non-hydrogen) atoms. The van der Waals surface area contributed by atoms with Crippen molar-refractivity contribution < 1.29 is 46.6 Å². The minimum absolute atomic E-state index is 0.0965. The lowest BCUT2D eigenvalue weighted by Crippen LogP contribution is -2.45. The predicted octanol–water partition coefficient (Wildman–Crippen LogP) is 18.1. The number of carbonyl (C=O) groups is 5. The molecule has 2 unspecified atom stereocenters. The molecule has 4 aliphatic rings. The van der Waals surface area contributed by atoms with Crippen LogP contribution in [-0.2, 0) is 29.1 Å². The first-order chi connectivity index (χ1) is 56.0. The van der Waals surface area contributed by atoms with Gasteiger partial charge in [-0.2, -0.15) is 15.3 Å². The smallest absolute Gasteiger partial charge is 0.410 e. The fourth-order valence-electron chi connectivity index (χ4n) is 13.8. The highest BCUT2D eigenvalue weighted by molar-refractivity contribution is 6.31. The maximum Gasteiger partial charge on any atom is 0.410 e. The largest absolute Gasteiger partial charge is 0.444 e. The van der Waals surface area contributed by atoms with Gasteiger partial charge in [0.25, 0.3) is 17.7 Å². The fraction of sp³-hybridized carbons (Fsp3) is 0.258. The van der Waals surface area contributed by atoms with E-state index in [9.17, 15) is 37.1 Å². The van der Waals surface area contributed by atoms with Gasteiger partial charge in [0, 0.05) is 70.3 Å². The van der Waals surface area contributed by atoms with Gasteiger partial charge in [-0.3, -0.25) is 39.6 Å². The van der Waals surface area contributed by atoms with Gasteiger partial charge in [-0.25, -0.2) is 41.8 Å². The molecule has 4 aliphatic heterocycles. The summed E-state index contributed by atoms with van der Waals surface area (Å²) in [6.45, 7) is 17.8. The molecule has 11 aromatic rings. The summed E-state index contributed by atoms with van der Waals surface area (Å²) in [4.78, 5) is 79.1. The minimum Gasteiger partial charge on any atom is -0.444 e. The number of hydrazine groups is 1. The highest BCUT2D eigenvalue weighted by atomic mass is 35.5. The summed E-state index contributed by atoms with van der Waals surface area (Å²) < 4.78 is 57.4. The molecule has 5 amide bonds. The van der Waals surface area contributed by atoms with E-state index in [4.69, 9.17) is 59.6 Å². The van der Waals surface area contributed by atoms with Crippen molar-refractivity contribution in [3.8, 4) is 17.1 Å². The molecule has 0 aliphatic carbocycles. The van der Waals surface area contributed by atoms with E-state index in [0.29, 0.717) is 79.0 Å². The Labute approximate surface area is 690 Å². The Balaban J connectivity index is 0.000000153. The second-order valence-electron chi connectivity index (χ2n) is 30.5. The van der Waals surface area contributed by atoms with E-state index in [1.165, 1.54) is 41.3 Å². The average molecular weight is 1640 g/mol. The standard InChI is InChI=1S/C32H31ClFN5O3.C30H33ClFN5O3.C27H23ClFN5O/c1-20(27-7-5-6-16-35-27)36-30(40)28-26-19-38(31(41)42-32(2,3)4)18-22(17-21-8-12-24(34)13-9-21)29(26)39(37-28)25-14-10-23(33)11-15-25;1-30(2,3)40-29(39)35-18-21(17-20-7-11-23(32)12-8-20)27-25(19-35)26(28(38)34-36-15-5-4-6-16-36)33-37(27)24-13-9-22(31)10-14-24;1-17(24-4-2-3-13-31-24)32-27(35)25-23-16-30-15-19(14-18-5-9-21(29)10-6-18)26(23)34(33-25)22-11-7-20(28)8-12-22/h5-17,20H,18-19H2,1-4H3,(H,36,40);7-14,17H,4-6,15-16,18-19H2,1-3H3,(H,34,38);2-14,17,30H,15-16H2,1H3,(H,32,35)/b22-17+;21-17+;19-14+. The topological polar surface area (TPSA) is 241 Å². The van der Waals surface area contributed by atoms with Crippen molar-refractivity contribution in [2.45, 2.75) is 118 Å². The second-order valence-corrected chi connectivity index (χ2v) is 31.8. The van der Waals surface area contributed by atoms with Crippen LogP contribution in [0.3, 0.4) is 0 Å². The van der Waals surface area contributed by atoms with Gasteiger partial charge in [-0.1, -0.05) is 89.8 Å². The number of ether oxygens (including phenoxy) is 2. The molecule has 4 N–H and O–H groups in total. The van der Waals surface area contributed by atoms with Crippen molar-refractivity contribution in [2.24, 2.45) is 0 Å². The molecular formula is C89H87Cl3F3N15O7. The van der Waals surface area contributed by atoms with Crippen LogP contribution in [0.2, 0.25) is 15.1 Å². The lowest BCUT2D eigenvalue weighted by atomic mass is 9.97. The number of piperidine rings is 1. The Bertz CT molecular complexity index is 5510. The number of pyridine rings is 2. The monoisotopic (exact) mass is 1640 g/mol. The van der Waals surface area contributed by atoms with Crippen LogP contribution in [0.5, 0.6) is 0 Å². The van der Waals surface area contributed by atoms with Crippen molar-refractivity contribution in [3.05, 3.63) is 306 Å². The van der Waals surface area contributed by atoms with E-state index in [2.05, 4.69) is 31.3 Å². The molecule has 22 nitrogen and oxygen atoms in total. The number of amides is 5. The molecule has 0 radical (unpaired) electrons. The third-order valence-electron chi connectivity index (χ3n) is 19.3. The molecule has 602 valence electrons. The van der Waals surface area contributed by atoms with E-state index in [0.717, 1.165) is 82.8 Å². The van der Waals surface area contributed by atoms with Crippen LogP contribution >= 0.6 is 34.8 Å². The summed E-state index contributed by atoms with van der Waals surface area (Å²) in [5.74, 6) is -2.02. The number of fused-ring (bicyclic) bond motifs is 3.